The molecule has 0 unspecified atom stereocenters. The van der Waals surface area contributed by atoms with Crippen LogP contribution in [0.4, 0.5) is 28.4 Å². The van der Waals surface area contributed by atoms with Gasteiger partial charge in [0.15, 0.2) is 5.75 Å². The van der Waals surface area contributed by atoms with Crippen LogP contribution in [0.15, 0.2) is 120 Å². The quantitative estimate of drug-likeness (QED) is 0.0429. The van der Waals surface area contributed by atoms with Crippen molar-refractivity contribution in [2.75, 3.05) is 5.73 Å². The zero-order chi connectivity index (χ0) is 40.0. The maximum atomic E-state index is 12.1. The number of azo groups is 2. The van der Waals surface area contributed by atoms with E-state index in [1.54, 1.807) is 62.4 Å². The second kappa shape index (κ2) is 24.0. The van der Waals surface area contributed by atoms with Crippen molar-refractivity contribution in [1.29, 1.82) is 0 Å². The van der Waals surface area contributed by atoms with Crippen LogP contribution in [0.2, 0.25) is 0 Å². The van der Waals surface area contributed by atoms with Gasteiger partial charge in [0.1, 0.15) is 31.6 Å². The van der Waals surface area contributed by atoms with Crippen LogP contribution >= 0.6 is 0 Å². The van der Waals surface area contributed by atoms with E-state index in [1.165, 1.54) is 12.1 Å². The van der Waals surface area contributed by atoms with Crippen LogP contribution in [0, 0.1) is 13.8 Å². The smallest absolute Gasteiger partial charge is 0.870 e. The van der Waals surface area contributed by atoms with Crippen LogP contribution in [0.25, 0.3) is 32.7 Å². The van der Waals surface area contributed by atoms with E-state index in [-0.39, 0.29) is 157 Å². The first-order valence-electron chi connectivity index (χ1n) is 15.6. The van der Waals surface area contributed by atoms with E-state index < -0.39 is 67.8 Å². The number of nitrogens with zero attached hydrogens (tertiary/aromatic N) is 4. The van der Waals surface area contributed by atoms with Gasteiger partial charge in [0.2, 0.25) is 0 Å². The Morgan fingerprint density at radius 1 is 0.623 bits per heavy atom. The molecule has 0 radical (unpaired) electrons. The third kappa shape index (κ3) is 13.9. The van der Waals surface area contributed by atoms with Gasteiger partial charge in [-0.2, -0.15) is 10.2 Å². The molecule has 0 aliphatic rings. The third-order valence-electron chi connectivity index (χ3n) is 8.41. The average Bonchev–Trinajstić information content (AvgIpc) is 3.09. The van der Waals surface area contributed by atoms with Gasteiger partial charge < -0.3 is 47.7 Å². The second-order valence-electron chi connectivity index (χ2n) is 12.2. The first kappa shape index (κ1) is 59.3. The maximum Gasteiger partial charge on any atom is 1.00 e. The van der Waals surface area contributed by atoms with Gasteiger partial charge in [0, 0.05) is 11.1 Å². The van der Waals surface area contributed by atoms with E-state index in [4.69, 9.17) is 5.73 Å². The average molecular weight is 946 g/mol. The van der Waals surface area contributed by atoms with Gasteiger partial charge >= 0.3 is 118 Å². The molecule has 26 heteroatoms. The summed E-state index contributed by atoms with van der Waals surface area (Å²) in [5.74, 6) is -0.970. The van der Waals surface area contributed by atoms with Crippen molar-refractivity contribution in [3.63, 3.8) is 0 Å². The molecule has 300 valence electrons. The third-order valence-corrected chi connectivity index (χ3v) is 11.3. The number of aryl methyl sites for hydroxylation is 2. The van der Waals surface area contributed by atoms with Gasteiger partial charge in [-0.15, -0.1) is 10.2 Å². The first-order valence-corrected chi connectivity index (χ1v) is 20.7. The van der Waals surface area contributed by atoms with Gasteiger partial charge in [0.25, 0.3) is 0 Å². The zero-order valence-corrected chi connectivity index (χ0v) is 44.5. The molecule has 0 aliphatic heterocycles. The Morgan fingerprint density at radius 3 is 1.66 bits per heavy atom. The number of hydrogen-bond donors (Lipinski definition) is 2. The predicted octanol–water partition coefficient (Wildman–Crippen LogP) is -4.66. The van der Waals surface area contributed by atoms with Crippen LogP contribution in [0.5, 0.6) is 5.75 Å². The molecule has 0 aromatic heterocycles. The molecular formula is C35H27N5Na4O13S4-2. The number of rotatable bonds is 10. The number of phenolic OH excluding ortho intramolecular Hbond substituents is 1. The van der Waals surface area contributed by atoms with Crippen LogP contribution in [-0.4, -0.2) is 42.0 Å². The minimum atomic E-state index is -4.98. The van der Waals surface area contributed by atoms with E-state index in [2.05, 4.69) is 20.5 Å². The summed E-state index contributed by atoms with van der Waals surface area (Å²) >= 11 is 0. The molecule has 0 atom stereocenters. The SMILES string of the molecule is Cc1cc(-c2ccc(N=Nc3c([S-](=O)=O)cc4cc(S(=O)(=O)[O-])cc(N)c4c3O)c(C)c2)ccc1N=Nc1cc2ccc(C[S-](=O)=O)cc2cc1S(=O)(=O)[O-].[Na+].[Na+].[Na+].[Na+].[OH-].[OH-]. The normalized spacial score (nSPS) is 11.4. The molecule has 6 aromatic carbocycles. The summed E-state index contributed by atoms with van der Waals surface area (Å²) in [5, 5.41) is 28.0. The topological polar surface area (TPSA) is 338 Å². The van der Waals surface area contributed by atoms with E-state index in [1.807, 2.05) is 0 Å². The number of fused-ring (bicyclic) bond motifs is 2. The summed E-state index contributed by atoms with van der Waals surface area (Å²) in [6, 6.07) is 20.2. The second-order valence-corrected chi connectivity index (χ2v) is 16.7. The van der Waals surface area contributed by atoms with E-state index in [0.29, 0.717) is 38.8 Å². The van der Waals surface area contributed by atoms with Gasteiger partial charge in [-0.3, -0.25) is 0 Å². The number of hydrogen-bond acceptors (Lipinski definition) is 20. The Bertz CT molecular complexity index is 3060. The van der Waals surface area contributed by atoms with E-state index in [0.717, 1.165) is 35.4 Å². The number of nitrogens with two attached hydrogens (primary N) is 1. The fourth-order valence-electron chi connectivity index (χ4n) is 5.78. The summed E-state index contributed by atoms with van der Waals surface area (Å²) in [7, 11) is -15.3. The summed E-state index contributed by atoms with van der Waals surface area (Å²) < 4.78 is 117. The van der Waals surface area contributed by atoms with Crippen molar-refractivity contribution < 1.29 is 177 Å². The molecule has 6 rings (SSSR count). The van der Waals surface area contributed by atoms with E-state index >= 15 is 0 Å². The molecule has 0 saturated carbocycles. The summed E-state index contributed by atoms with van der Waals surface area (Å²) in [6.07, 6.45) is 0. The van der Waals surface area contributed by atoms with Crippen molar-refractivity contribution in [1.82, 2.24) is 0 Å². The Kier molecular flexibility index (Phi) is 23.3. The molecule has 0 aliphatic carbocycles. The molecule has 0 spiro atoms. The molecule has 0 saturated heterocycles. The fraction of sp³-hybridized carbons (Fsp3) is 0.0857. The summed E-state index contributed by atoms with van der Waals surface area (Å²) in [4.78, 5) is -1.84. The zero-order valence-electron chi connectivity index (χ0n) is 33.2. The Labute approximate surface area is 441 Å². The fourth-order valence-corrected chi connectivity index (χ4v) is 7.92. The maximum absolute atomic E-state index is 12.1. The monoisotopic (exact) mass is 945 g/mol. The summed E-state index contributed by atoms with van der Waals surface area (Å²) in [6.45, 7) is 3.47. The van der Waals surface area contributed by atoms with Crippen molar-refractivity contribution >= 4 is 91.6 Å². The minimum Gasteiger partial charge on any atom is -0.870 e. The first-order chi connectivity index (χ1) is 25.8. The van der Waals surface area contributed by atoms with Crippen molar-refractivity contribution in [3.05, 3.63) is 102 Å². The van der Waals surface area contributed by atoms with Crippen LogP contribution in [-0.2, 0) is 64.2 Å². The molecule has 0 fully saturated rings. The van der Waals surface area contributed by atoms with Gasteiger partial charge in [-0.05, 0) is 122 Å². The van der Waals surface area contributed by atoms with Crippen LogP contribution in [0.1, 0.15) is 16.7 Å². The molecule has 6 aromatic rings. The molecule has 5 N–H and O–H groups in total. The van der Waals surface area contributed by atoms with E-state index in [9.17, 15) is 47.9 Å². The Balaban J connectivity index is 0.00000600. The molecule has 0 amide bonds. The molecule has 61 heavy (non-hydrogen) atoms. The summed E-state index contributed by atoms with van der Waals surface area (Å²) in [5.41, 5.74) is 8.82. The van der Waals surface area contributed by atoms with Crippen molar-refractivity contribution in [2.45, 2.75) is 34.3 Å². The van der Waals surface area contributed by atoms with Gasteiger partial charge in [-0.25, -0.2) is 16.8 Å². The van der Waals surface area contributed by atoms with Crippen molar-refractivity contribution in [3.8, 4) is 16.9 Å². The number of phenols is 1. The number of anilines is 1. The Hall–Kier alpha value is -1.72. The number of aromatic hydroxyl groups is 1. The molecule has 0 bridgehead atoms. The minimum absolute atomic E-state index is 0. The molecule has 18 nitrogen and oxygen atoms in total. The largest absolute Gasteiger partial charge is 1.00 e. The number of benzene rings is 6. The standard InChI is InChI=1S/C35H27N5O11S4.4Na.2H2O/c1-18-9-21(5-7-28(18)37-39-30-13-23-4-3-20(17-52(42)43)11-24(23)15-32(30)55(49,50)51)22-6-8-29(19(2)10-22)38-40-34-31(53(44)45)14-25-12-26(54(46,47)48)16-27(36)33(25)35(34)41;;;;;;/h3-16,41H,17,36H2,1-2H3,(H,46,47,48)(H,49,50,51);;;;;2*1H2/q-2;4*+1;;/p-4. The molecule has 0 heterocycles. The van der Waals surface area contributed by atoms with Gasteiger partial charge in [-0.1, -0.05) is 52.7 Å². The van der Waals surface area contributed by atoms with Gasteiger partial charge in [0.05, 0.1) is 21.2 Å². The van der Waals surface area contributed by atoms with Crippen LogP contribution < -0.4 is 124 Å². The predicted molar refractivity (Wildman–Crippen MR) is 203 cm³/mol. The van der Waals surface area contributed by atoms with Crippen LogP contribution in [0.3, 0.4) is 0 Å². The van der Waals surface area contributed by atoms with Crippen molar-refractivity contribution in [2.24, 2.45) is 20.5 Å². The Morgan fingerprint density at radius 2 is 1.16 bits per heavy atom. The molecular weight excluding hydrogens is 919 g/mol. The number of nitrogen functional groups attached to an aromatic ring is 1.